The lowest BCUT2D eigenvalue weighted by Gasteiger charge is -2.22. The van der Waals surface area contributed by atoms with Gasteiger partial charge in [-0.1, -0.05) is 0 Å². The summed E-state index contributed by atoms with van der Waals surface area (Å²) < 4.78 is 23.5. The third kappa shape index (κ3) is 4.78. The van der Waals surface area contributed by atoms with Gasteiger partial charge in [0.25, 0.3) is 0 Å². The lowest BCUT2D eigenvalue weighted by molar-refractivity contribution is -0.169. The number of imidazole rings is 1. The first-order valence-electron chi connectivity index (χ1n) is 8.72. The average Bonchev–Trinajstić information content (AvgIpc) is 3.06. The van der Waals surface area contributed by atoms with E-state index in [1.165, 1.54) is 6.20 Å². The minimum absolute atomic E-state index is 0.0834. The van der Waals surface area contributed by atoms with Crippen molar-refractivity contribution in [3.05, 3.63) is 35.8 Å². The summed E-state index contributed by atoms with van der Waals surface area (Å²) in [5.41, 5.74) is 2.10. The van der Waals surface area contributed by atoms with Gasteiger partial charge in [-0.15, -0.1) is 0 Å². The first-order chi connectivity index (χ1) is 12.3. The van der Waals surface area contributed by atoms with Crippen LogP contribution < -0.4 is 0 Å². The zero-order valence-electron chi connectivity index (χ0n) is 14.5. The molecule has 1 saturated heterocycles. The highest BCUT2D eigenvalue weighted by Gasteiger charge is 2.14. The van der Waals surface area contributed by atoms with Crippen LogP contribution in [0.3, 0.4) is 0 Å². The number of carbonyl (C=O) groups excluding carboxylic acids is 1. The minimum Gasteiger partial charge on any atom is -0.461 e. The largest absolute Gasteiger partial charge is 0.461 e. The summed E-state index contributed by atoms with van der Waals surface area (Å²) in [5, 5.41) is 0. The fraction of sp³-hybridized carbons (Fsp3) is 0.556. The summed E-state index contributed by atoms with van der Waals surface area (Å²) in [4.78, 5) is 16.1. The van der Waals surface area contributed by atoms with Crippen molar-refractivity contribution < 1.29 is 23.7 Å². The van der Waals surface area contributed by atoms with Gasteiger partial charge in [-0.3, -0.25) is 4.40 Å². The lowest BCUT2D eigenvalue weighted by Crippen LogP contribution is -2.23. The fourth-order valence-electron chi connectivity index (χ4n) is 2.74. The highest BCUT2D eigenvalue weighted by Crippen LogP contribution is 2.14. The van der Waals surface area contributed by atoms with Crippen LogP contribution in [0.4, 0.5) is 0 Å². The topological polar surface area (TPSA) is 71.3 Å². The number of esters is 1. The van der Waals surface area contributed by atoms with E-state index in [2.05, 4.69) is 4.98 Å². The number of carbonyl (C=O) groups is 1. The van der Waals surface area contributed by atoms with Crippen molar-refractivity contribution in [2.75, 3.05) is 26.4 Å². The molecule has 0 aliphatic carbocycles. The highest BCUT2D eigenvalue weighted by atomic mass is 16.7. The molecule has 0 radical (unpaired) electrons. The molecule has 3 heterocycles. The Bertz CT molecular complexity index is 694. The van der Waals surface area contributed by atoms with Crippen LogP contribution in [0.1, 0.15) is 42.2 Å². The van der Waals surface area contributed by atoms with Gasteiger partial charge in [-0.25, -0.2) is 9.78 Å². The third-order valence-electron chi connectivity index (χ3n) is 4.00. The zero-order chi connectivity index (χ0) is 17.5. The molecule has 0 bridgehead atoms. The summed E-state index contributed by atoms with van der Waals surface area (Å²) in [7, 11) is 0. The molecule has 1 fully saturated rings. The molecule has 0 aromatic carbocycles. The van der Waals surface area contributed by atoms with Crippen LogP contribution in [-0.4, -0.2) is 48.1 Å². The Labute approximate surface area is 146 Å². The van der Waals surface area contributed by atoms with E-state index in [0.717, 1.165) is 31.4 Å². The molecule has 0 saturated carbocycles. The van der Waals surface area contributed by atoms with E-state index in [0.29, 0.717) is 37.8 Å². The molecule has 0 spiro atoms. The van der Waals surface area contributed by atoms with Crippen molar-refractivity contribution in [2.24, 2.45) is 0 Å². The quantitative estimate of drug-likeness (QED) is 0.539. The minimum atomic E-state index is -0.374. The molecule has 1 atom stereocenters. The van der Waals surface area contributed by atoms with Gasteiger partial charge in [0, 0.05) is 12.8 Å². The third-order valence-corrected chi connectivity index (χ3v) is 4.00. The van der Waals surface area contributed by atoms with E-state index < -0.39 is 0 Å². The Morgan fingerprint density at radius 3 is 3.12 bits per heavy atom. The lowest BCUT2D eigenvalue weighted by atomic mass is 10.2. The van der Waals surface area contributed by atoms with Gasteiger partial charge in [0.05, 0.1) is 32.6 Å². The maximum absolute atomic E-state index is 11.8. The van der Waals surface area contributed by atoms with Crippen LogP contribution in [0, 0.1) is 0 Å². The summed E-state index contributed by atoms with van der Waals surface area (Å²) in [6, 6.07) is 3.80. The molecule has 1 aliphatic rings. The monoisotopic (exact) mass is 348 g/mol. The van der Waals surface area contributed by atoms with E-state index >= 15 is 0 Å². The number of fused-ring (bicyclic) bond motifs is 1. The van der Waals surface area contributed by atoms with Crippen molar-refractivity contribution in [3.8, 4) is 0 Å². The maximum atomic E-state index is 11.8. The van der Waals surface area contributed by atoms with E-state index in [1.54, 1.807) is 17.5 Å². The number of hydrogen-bond acceptors (Lipinski definition) is 6. The van der Waals surface area contributed by atoms with Crippen LogP contribution >= 0.6 is 0 Å². The zero-order valence-corrected chi connectivity index (χ0v) is 14.5. The van der Waals surface area contributed by atoms with Gasteiger partial charge >= 0.3 is 5.97 Å². The molecule has 0 N–H and O–H groups in total. The number of rotatable bonds is 8. The second-order valence-corrected chi connectivity index (χ2v) is 5.85. The normalized spacial score (nSPS) is 17.7. The van der Waals surface area contributed by atoms with Crippen molar-refractivity contribution in [1.29, 1.82) is 0 Å². The number of aromatic nitrogens is 2. The van der Waals surface area contributed by atoms with Crippen molar-refractivity contribution in [1.82, 2.24) is 9.38 Å². The average molecular weight is 348 g/mol. The van der Waals surface area contributed by atoms with Crippen molar-refractivity contribution >= 4 is 11.6 Å². The van der Waals surface area contributed by atoms with Crippen LogP contribution in [0.25, 0.3) is 5.65 Å². The molecule has 1 unspecified atom stereocenters. The van der Waals surface area contributed by atoms with E-state index in [1.807, 2.05) is 12.1 Å². The molecular weight excluding hydrogens is 324 g/mol. The molecule has 7 nitrogen and oxygen atoms in total. The molecule has 1 aliphatic heterocycles. The van der Waals surface area contributed by atoms with Gasteiger partial charge in [-0.2, -0.15) is 0 Å². The van der Waals surface area contributed by atoms with Crippen LogP contribution in [0.2, 0.25) is 0 Å². The number of nitrogens with zero attached hydrogens (tertiary/aromatic N) is 2. The first-order valence-corrected chi connectivity index (χ1v) is 8.72. The SMILES string of the molecule is CCOC(=O)c1cnc2cc(COCCOC3CCCCO3)ccn12. The molecule has 2 aromatic rings. The predicted molar refractivity (Wildman–Crippen MR) is 90.3 cm³/mol. The summed E-state index contributed by atoms with van der Waals surface area (Å²) in [5.74, 6) is -0.374. The molecule has 7 heteroatoms. The van der Waals surface area contributed by atoms with Crippen LogP contribution in [0.15, 0.2) is 24.5 Å². The van der Waals surface area contributed by atoms with Crippen molar-refractivity contribution in [3.63, 3.8) is 0 Å². The van der Waals surface area contributed by atoms with E-state index in [-0.39, 0.29) is 12.3 Å². The van der Waals surface area contributed by atoms with Gasteiger partial charge in [0.1, 0.15) is 5.65 Å². The predicted octanol–water partition coefficient (Wildman–Crippen LogP) is 2.57. The fourth-order valence-corrected chi connectivity index (χ4v) is 2.74. The molecule has 0 amide bonds. The standard InChI is InChI=1S/C18H24N2O5/c1-2-23-18(21)15-12-19-16-11-14(6-7-20(15)16)13-22-9-10-25-17-5-3-4-8-24-17/h6-7,11-12,17H,2-5,8-10,13H2,1H3. The number of pyridine rings is 1. The summed E-state index contributed by atoms with van der Waals surface area (Å²) >= 11 is 0. The molecular formula is C18H24N2O5. The van der Waals surface area contributed by atoms with Gasteiger partial charge in [0.15, 0.2) is 12.0 Å². The maximum Gasteiger partial charge on any atom is 0.356 e. The number of hydrogen-bond donors (Lipinski definition) is 0. The Kier molecular flexibility index (Phi) is 6.38. The highest BCUT2D eigenvalue weighted by molar-refractivity contribution is 5.88. The van der Waals surface area contributed by atoms with E-state index in [4.69, 9.17) is 18.9 Å². The second kappa shape index (κ2) is 8.94. The second-order valence-electron chi connectivity index (χ2n) is 5.85. The summed E-state index contributed by atoms with van der Waals surface area (Å²) in [6.45, 7) is 4.39. The smallest absolute Gasteiger partial charge is 0.356 e. The Morgan fingerprint density at radius 1 is 1.40 bits per heavy atom. The van der Waals surface area contributed by atoms with Crippen molar-refractivity contribution in [2.45, 2.75) is 39.1 Å². The first kappa shape index (κ1) is 17.8. The Balaban J connectivity index is 1.46. The van der Waals surface area contributed by atoms with Crippen LogP contribution in [0.5, 0.6) is 0 Å². The van der Waals surface area contributed by atoms with Crippen LogP contribution in [-0.2, 0) is 25.6 Å². The van der Waals surface area contributed by atoms with Gasteiger partial charge < -0.3 is 18.9 Å². The van der Waals surface area contributed by atoms with E-state index in [9.17, 15) is 4.79 Å². The number of ether oxygens (including phenoxy) is 4. The molecule has 3 rings (SSSR count). The molecule has 25 heavy (non-hydrogen) atoms. The van der Waals surface area contributed by atoms with Gasteiger partial charge in [0.2, 0.25) is 0 Å². The Morgan fingerprint density at radius 2 is 2.32 bits per heavy atom. The summed E-state index contributed by atoms with van der Waals surface area (Å²) in [6.07, 6.45) is 6.48. The van der Waals surface area contributed by atoms with Gasteiger partial charge in [-0.05, 0) is 43.9 Å². The Hall–Kier alpha value is -1.96. The molecule has 136 valence electrons. The molecule has 2 aromatic heterocycles.